The molecule has 3 heteroatoms. The van der Waals surface area contributed by atoms with E-state index in [1.54, 1.807) is 13.8 Å². The maximum Gasteiger partial charge on any atom is 0.300 e. The maximum absolute atomic E-state index is 14.8. The molecule has 0 atom stereocenters. The molecule has 0 saturated heterocycles. The molecule has 54 heavy (non-hydrogen) atoms. The molecule has 9 rings (SSSR count). The number of hydrogen-bond donors (Lipinski definition) is 0. The van der Waals surface area contributed by atoms with Crippen molar-refractivity contribution in [2.24, 2.45) is 0 Å². The zero-order valence-electron chi connectivity index (χ0n) is 33.8. The minimum Gasteiger partial charge on any atom is -0.237 e. The first-order chi connectivity index (χ1) is 25.5. The number of alkyl halides is 3. The van der Waals surface area contributed by atoms with Crippen LogP contribution in [0.1, 0.15) is 106 Å². The number of halogens is 3. The van der Waals surface area contributed by atoms with Gasteiger partial charge in [-0.25, -0.2) is 4.39 Å². The third-order valence-corrected chi connectivity index (χ3v) is 13.1. The fraction of sp³-hybridized carbons (Fsp3) is 0.294. The first kappa shape index (κ1) is 37.4. The quantitative estimate of drug-likeness (QED) is 0.146. The molecule has 0 saturated carbocycles. The van der Waals surface area contributed by atoms with Crippen molar-refractivity contribution < 1.29 is 13.2 Å². The Labute approximate surface area is 320 Å². The van der Waals surface area contributed by atoms with Gasteiger partial charge in [0.25, 0.3) is 5.92 Å². The number of rotatable bonds is 0. The highest BCUT2D eigenvalue weighted by Gasteiger charge is 2.47. The molecule has 0 aromatic heterocycles. The summed E-state index contributed by atoms with van der Waals surface area (Å²) in [5.41, 5.74) is 25.1. The minimum atomic E-state index is -2.88. The normalized spacial score (nSPS) is 13.8. The second kappa shape index (κ2) is 13.4. The molecule has 0 aliphatic heterocycles. The molecule has 3 aliphatic carbocycles. The number of benzene rings is 6. The third kappa shape index (κ3) is 5.65. The Morgan fingerprint density at radius 2 is 0.648 bits per heavy atom. The van der Waals surface area contributed by atoms with Crippen LogP contribution in [-0.4, -0.2) is 0 Å². The standard InChI is InChI=1S/C17H16F2.C17H17F.C17H18/c1-9-5-7-13-14-8-6-10(2)12(4)16(14)17(18,19)15(13)11(9)3;1-9-5-7-13-14-8-6-10(2)12(4)16(14)17(18)15(13)11(9)3;1-10-5-7-14-15-8-6-11(2)13(4)17(15)9-16(14)12(10)3/h5-8H,1-4H3;5-8,17H,1-4H3;5-8H,9H2,1-4H3. The molecule has 0 radical (unpaired) electrons. The summed E-state index contributed by atoms with van der Waals surface area (Å²) >= 11 is 0. The lowest BCUT2D eigenvalue weighted by molar-refractivity contribution is 0.0466. The van der Waals surface area contributed by atoms with E-state index in [-0.39, 0.29) is 11.1 Å². The lowest BCUT2D eigenvalue weighted by Gasteiger charge is -2.18. The van der Waals surface area contributed by atoms with Crippen molar-refractivity contribution in [2.75, 3.05) is 0 Å². The van der Waals surface area contributed by atoms with Gasteiger partial charge in [-0.2, -0.15) is 8.78 Å². The highest BCUT2D eigenvalue weighted by molar-refractivity contribution is 5.84. The summed E-state index contributed by atoms with van der Waals surface area (Å²) in [5, 5.41) is 0. The summed E-state index contributed by atoms with van der Waals surface area (Å²) in [5.74, 6) is -2.88. The summed E-state index contributed by atoms with van der Waals surface area (Å²) in [6.45, 7) is 24.4. The van der Waals surface area contributed by atoms with E-state index < -0.39 is 12.1 Å². The lowest BCUT2D eigenvalue weighted by Crippen LogP contribution is -2.15. The molecular weight excluding hydrogens is 670 g/mol. The zero-order valence-corrected chi connectivity index (χ0v) is 33.8. The second-order valence-corrected chi connectivity index (χ2v) is 16.0. The molecule has 0 nitrogen and oxygen atoms in total. The van der Waals surface area contributed by atoms with E-state index in [2.05, 4.69) is 76.2 Å². The van der Waals surface area contributed by atoms with E-state index in [0.717, 1.165) is 50.9 Å². The second-order valence-electron chi connectivity index (χ2n) is 16.0. The summed E-state index contributed by atoms with van der Waals surface area (Å²) < 4.78 is 44.4. The van der Waals surface area contributed by atoms with Crippen molar-refractivity contribution in [1.29, 1.82) is 0 Å². The average Bonchev–Trinajstić information content (AvgIpc) is 3.74. The fourth-order valence-electron chi connectivity index (χ4n) is 8.84. The molecule has 0 amide bonds. The van der Waals surface area contributed by atoms with Gasteiger partial charge in [0.05, 0.1) is 0 Å². The molecular formula is C51H51F3. The molecule has 0 unspecified atom stereocenters. The van der Waals surface area contributed by atoms with E-state index >= 15 is 0 Å². The molecule has 276 valence electrons. The number of fused-ring (bicyclic) bond motifs is 9. The SMILES string of the molecule is Cc1ccc2c(c1C)C(F)(F)c1c-2ccc(C)c1C.Cc1ccc2c(c1C)C(F)c1c-2ccc(C)c1C.Cc1ccc2c(c1C)Cc1c-2ccc(C)c1C. The van der Waals surface area contributed by atoms with Crippen LogP contribution in [0, 0.1) is 83.1 Å². The van der Waals surface area contributed by atoms with Gasteiger partial charge in [0, 0.05) is 22.3 Å². The van der Waals surface area contributed by atoms with Gasteiger partial charge in [0.2, 0.25) is 0 Å². The Hall–Kier alpha value is -4.89. The molecule has 0 fully saturated rings. The highest BCUT2D eigenvalue weighted by atomic mass is 19.3. The molecule has 3 aliphatic rings. The third-order valence-electron chi connectivity index (χ3n) is 13.1. The van der Waals surface area contributed by atoms with Crippen molar-refractivity contribution in [3.05, 3.63) is 173 Å². The van der Waals surface area contributed by atoms with Crippen molar-refractivity contribution in [2.45, 2.75) is 102 Å². The lowest BCUT2D eigenvalue weighted by atomic mass is 9.96. The molecule has 0 heterocycles. The van der Waals surface area contributed by atoms with Crippen LogP contribution < -0.4 is 0 Å². The number of hydrogen-bond acceptors (Lipinski definition) is 0. The van der Waals surface area contributed by atoms with Crippen molar-refractivity contribution in [1.82, 2.24) is 0 Å². The Morgan fingerprint density at radius 3 is 1.00 bits per heavy atom. The molecule has 6 aromatic carbocycles. The fourth-order valence-corrected chi connectivity index (χ4v) is 8.84. The van der Waals surface area contributed by atoms with E-state index in [0.29, 0.717) is 22.3 Å². The molecule has 6 aromatic rings. The summed E-state index contributed by atoms with van der Waals surface area (Å²) in [4.78, 5) is 0. The van der Waals surface area contributed by atoms with Crippen LogP contribution in [0.5, 0.6) is 0 Å². The largest absolute Gasteiger partial charge is 0.300 e. The smallest absolute Gasteiger partial charge is 0.237 e. The van der Waals surface area contributed by atoms with Gasteiger partial charge >= 0.3 is 0 Å². The van der Waals surface area contributed by atoms with Gasteiger partial charge in [-0.15, -0.1) is 0 Å². The van der Waals surface area contributed by atoms with Crippen molar-refractivity contribution >= 4 is 0 Å². The number of aryl methyl sites for hydroxylation is 6. The van der Waals surface area contributed by atoms with Crippen LogP contribution in [0.15, 0.2) is 72.8 Å². The van der Waals surface area contributed by atoms with Gasteiger partial charge in [0.15, 0.2) is 6.17 Å². The molecule has 0 spiro atoms. The van der Waals surface area contributed by atoms with E-state index in [1.165, 1.54) is 55.6 Å². The Balaban J connectivity index is 0.000000125. The van der Waals surface area contributed by atoms with E-state index in [9.17, 15) is 13.2 Å². The van der Waals surface area contributed by atoms with Gasteiger partial charge in [-0.05, 0) is 201 Å². The van der Waals surface area contributed by atoms with Crippen LogP contribution in [0.4, 0.5) is 13.2 Å². The average molecular weight is 721 g/mol. The zero-order chi connectivity index (χ0) is 39.1. The van der Waals surface area contributed by atoms with Crippen LogP contribution >= 0.6 is 0 Å². The predicted octanol–water partition coefficient (Wildman–Crippen LogP) is 14.5. The van der Waals surface area contributed by atoms with Gasteiger partial charge in [0.1, 0.15) is 0 Å². The van der Waals surface area contributed by atoms with Crippen molar-refractivity contribution in [3.8, 4) is 33.4 Å². The van der Waals surface area contributed by atoms with Crippen molar-refractivity contribution in [3.63, 3.8) is 0 Å². The van der Waals surface area contributed by atoms with Gasteiger partial charge in [-0.3, -0.25) is 0 Å². The van der Waals surface area contributed by atoms with Gasteiger partial charge < -0.3 is 0 Å². The summed E-state index contributed by atoms with van der Waals surface area (Å²) in [7, 11) is 0. The van der Waals surface area contributed by atoms with Crippen LogP contribution in [-0.2, 0) is 12.3 Å². The maximum atomic E-state index is 14.8. The van der Waals surface area contributed by atoms with Gasteiger partial charge in [-0.1, -0.05) is 72.8 Å². The van der Waals surface area contributed by atoms with Crippen LogP contribution in [0.25, 0.3) is 33.4 Å². The monoisotopic (exact) mass is 720 g/mol. The minimum absolute atomic E-state index is 0.191. The topological polar surface area (TPSA) is 0 Å². The molecule has 0 bridgehead atoms. The summed E-state index contributed by atoms with van der Waals surface area (Å²) in [6.07, 6.45) is 0.154. The highest BCUT2D eigenvalue weighted by Crippen LogP contribution is 2.54. The Kier molecular flexibility index (Phi) is 9.32. The Bertz CT molecular complexity index is 2360. The van der Waals surface area contributed by atoms with Crippen LogP contribution in [0.2, 0.25) is 0 Å². The van der Waals surface area contributed by atoms with E-state index in [1.807, 2.05) is 65.8 Å². The van der Waals surface area contributed by atoms with Crippen LogP contribution in [0.3, 0.4) is 0 Å². The Morgan fingerprint density at radius 1 is 0.370 bits per heavy atom. The first-order valence-electron chi connectivity index (χ1n) is 19.1. The van der Waals surface area contributed by atoms with E-state index in [4.69, 9.17) is 0 Å². The summed E-state index contributed by atoms with van der Waals surface area (Å²) in [6, 6.07) is 24.9. The predicted molar refractivity (Wildman–Crippen MR) is 221 cm³/mol. The first-order valence-corrected chi connectivity index (χ1v) is 19.1. The molecule has 0 N–H and O–H groups in total.